The Bertz CT molecular complexity index is 421. The average molecular weight is 242 g/mol. The molecule has 16 heavy (non-hydrogen) atoms. The summed E-state index contributed by atoms with van der Waals surface area (Å²) in [5.74, 6) is -0.796. The number of amides is 3. The maximum Gasteiger partial charge on any atom is 0.325 e. The molecule has 0 radical (unpaired) electrons. The van der Waals surface area contributed by atoms with Gasteiger partial charge in [0.25, 0.3) is 0 Å². The number of hydrogen-bond donors (Lipinski definition) is 2. The van der Waals surface area contributed by atoms with E-state index >= 15 is 0 Å². The quantitative estimate of drug-likeness (QED) is 0.773. The molecule has 0 bridgehead atoms. The highest BCUT2D eigenvalue weighted by Gasteiger charge is 2.08. The van der Waals surface area contributed by atoms with Crippen LogP contribution >= 0.6 is 11.6 Å². The Morgan fingerprint density at radius 2 is 2.06 bits per heavy atom. The van der Waals surface area contributed by atoms with Gasteiger partial charge in [-0.05, 0) is 26.0 Å². The number of nitrogens with zero attached hydrogens (tertiary/aromatic N) is 1. The molecule has 0 saturated heterocycles. The third kappa shape index (κ3) is 3.51. The number of pyridine rings is 1. The van der Waals surface area contributed by atoms with E-state index in [0.717, 1.165) is 5.69 Å². The lowest BCUT2D eigenvalue weighted by atomic mass is 10.3. The van der Waals surface area contributed by atoms with Crippen LogP contribution in [-0.2, 0) is 4.79 Å². The number of aryl methyl sites for hydroxylation is 2. The van der Waals surface area contributed by atoms with E-state index in [2.05, 4.69) is 15.6 Å². The predicted octanol–water partition coefficient (Wildman–Crippen LogP) is 1.59. The molecule has 0 aliphatic heterocycles. The van der Waals surface area contributed by atoms with Crippen molar-refractivity contribution < 1.29 is 9.59 Å². The zero-order valence-corrected chi connectivity index (χ0v) is 9.76. The van der Waals surface area contributed by atoms with E-state index in [1.807, 2.05) is 6.92 Å². The Balaban J connectivity index is 2.66. The number of nitrogens with one attached hydrogen (secondary N) is 2. The lowest BCUT2D eigenvalue weighted by molar-refractivity contribution is -0.117. The second kappa shape index (κ2) is 5.46. The molecule has 0 fully saturated rings. The molecule has 86 valence electrons. The Morgan fingerprint density at radius 3 is 2.62 bits per heavy atom. The van der Waals surface area contributed by atoms with Crippen LogP contribution in [0.4, 0.5) is 10.5 Å². The molecule has 5 nitrogen and oxygen atoms in total. The van der Waals surface area contributed by atoms with Gasteiger partial charge in [-0.2, -0.15) is 0 Å². The number of carbonyl (C=O) groups excluding carboxylic acids is 2. The van der Waals surface area contributed by atoms with Gasteiger partial charge in [0.2, 0.25) is 5.91 Å². The highest BCUT2D eigenvalue weighted by Crippen LogP contribution is 2.11. The minimum Gasteiger partial charge on any atom is -0.306 e. The van der Waals surface area contributed by atoms with Crippen LogP contribution in [0.25, 0.3) is 0 Å². The Labute approximate surface area is 98.2 Å². The summed E-state index contributed by atoms with van der Waals surface area (Å²) in [6.45, 7) is 3.62. The van der Waals surface area contributed by atoms with Crippen LogP contribution in [0.1, 0.15) is 11.4 Å². The third-order valence-corrected chi connectivity index (χ3v) is 2.09. The molecular formula is C10H12ClN3O2. The minimum absolute atomic E-state index is 0.251. The van der Waals surface area contributed by atoms with Crippen molar-refractivity contribution in [3.8, 4) is 0 Å². The molecule has 1 aromatic heterocycles. The number of rotatable bonds is 2. The zero-order chi connectivity index (χ0) is 12.1. The summed E-state index contributed by atoms with van der Waals surface area (Å²) in [6.07, 6.45) is 0. The van der Waals surface area contributed by atoms with Crippen molar-refractivity contribution in [3.05, 3.63) is 23.5 Å². The average Bonchev–Trinajstić information content (AvgIpc) is 2.22. The summed E-state index contributed by atoms with van der Waals surface area (Å²) in [5, 5.41) is 4.58. The third-order valence-electron chi connectivity index (χ3n) is 1.85. The Hall–Kier alpha value is -1.62. The van der Waals surface area contributed by atoms with Gasteiger partial charge in [-0.25, -0.2) is 4.79 Å². The fourth-order valence-electron chi connectivity index (χ4n) is 1.13. The molecule has 0 unspecified atom stereocenters. The first-order chi connectivity index (χ1) is 7.52. The minimum atomic E-state index is -0.612. The van der Waals surface area contributed by atoms with Gasteiger partial charge in [-0.3, -0.25) is 15.1 Å². The first-order valence-corrected chi connectivity index (χ1v) is 5.17. The van der Waals surface area contributed by atoms with E-state index in [-0.39, 0.29) is 5.88 Å². The van der Waals surface area contributed by atoms with Gasteiger partial charge in [-0.1, -0.05) is 0 Å². The molecule has 0 aromatic carbocycles. The summed E-state index contributed by atoms with van der Waals surface area (Å²) >= 11 is 5.25. The standard InChI is InChI=1S/C10H12ClN3O2/c1-6-3-4-8(7(2)12-6)13-10(16)14-9(15)5-11/h3-4H,5H2,1-2H3,(H2,13,14,15,16). The van der Waals surface area contributed by atoms with Crippen molar-refractivity contribution in [2.24, 2.45) is 0 Å². The SMILES string of the molecule is Cc1ccc(NC(=O)NC(=O)CCl)c(C)n1. The molecule has 1 rings (SSSR count). The van der Waals surface area contributed by atoms with Gasteiger partial charge in [0.15, 0.2) is 0 Å². The molecular weight excluding hydrogens is 230 g/mol. The molecule has 6 heteroatoms. The normalized spacial score (nSPS) is 9.69. The van der Waals surface area contributed by atoms with Crippen molar-refractivity contribution >= 4 is 29.2 Å². The van der Waals surface area contributed by atoms with Crippen molar-refractivity contribution in [3.63, 3.8) is 0 Å². The van der Waals surface area contributed by atoms with Crippen molar-refractivity contribution in [2.75, 3.05) is 11.2 Å². The monoisotopic (exact) mass is 241 g/mol. The largest absolute Gasteiger partial charge is 0.325 e. The van der Waals surface area contributed by atoms with Crippen LogP contribution in [-0.4, -0.2) is 22.8 Å². The molecule has 0 spiro atoms. The molecule has 1 heterocycles. The smallest absolute Gasteiger partial charge is 0.306 e. The number of hydrogen-bond acceptors (Lipinski definition) is 3. The second-order valence-electron chi connectivity index (χ2n) is 3.22. The fraction of sp³-hybridized carbons (Fsp3) is 0.300. The van der Waals surface area contributed by atoms with Crippen LogP contribution in [0.5, 0.6) is 0 Å². The van der Waals surface area contributed by atoms with Crippen LogP contribution in [0.3, 0.4) is 0 Å². The van der Waals surface area contributed by atoms with E-state index < -0.39 is 11.9 Å². The number of imide groups is 1. The number of aromatic nitrogens is 1. The fourth-order valence-corrected chi connectivity index (χ4v) is 1.20. The summed E-state index contributed by atoms with van der Waals surface area (Å²) < 4.78 is 0. The van der Waals surface area contributed by atoms with Crippen molar-refractivity contribution in [1.82, 2.24) is 10.3 Å². The van der Waals surface area contributed by atoms with Crippen LogP contribution < -0.4 is 10.6 Å². The summed E-state index contributed by atoms with van der Waals surface area (Å²) in [6, 6.07) is 2.88. The number of carbonyl (C=O) groups is 2. The molecule has 0 saturated carbocycles. The maximum atomic E-state index is 11.3. The summed E-state index contributed by atoms with van der Waals surface area (Å²) in [7, 11) is 0. The van der Waals surface area contributed by atoms with E-state index in [9.17, 15) is 9.59 Å². The van der Waals surface area contributed by atoms with Gasteiger partial charge < -0.3 is 5.32 Å². The highest BCUT2D eigenvalue weighted by molar-refractivity contribution is 6.28. The Kier molecular flexibility index (Phi) is 4.25. The summed E-state index contributed by atoms with van der Waals surface area (Å²) in [4.78, 5) is 26.3. The van der Waals surface area contributed by atoms with Gasteiger partial charge in [-0.15, -0.1) is 11.6 Å². The molecule has 0 aliphatic carbocycles. The molecule has 0 atom stereocenters. The molecule has 3 amide bonds. The van der Waals surface area contributed by atoms with Gasteiger partial charge in [0.05, 0.1) is 11.4 Å². The number of anilines is 1. The lowest BCUT2D eigenvalue weighted by Crippen LogP contribution is -2.35. The van der Waals surface area contributed by atoms with E-state index in [1.54, 1.807) is 19.1 Å². The first kappa shape index (κ1) is 12.4. The van der Waals surface area contributed by atoms with Gasteiger partial charge >= 0.3 is 6.03 Å². The highest BCUT2D eigenvalue weighted by atomic mass is 35.5. The maximum absolute atomic E-state index is 11.3. The van der Waals surface area contributed by atoms with Gasteiger partial charge in [0.1, 0.15) is 5.88 Å². The zero-order valence-electron chi connectivity index (χ0n) is 9.00. The second-order valence-corrected chi connectivity index (χ2v) is 3.49. The van der Waals surface area contributed by atoms with E-state index in [1.165, 1.54) is 0 Å². The topological polar surface area (TPSA) is 71.1 Å². The number of alkyl halides is 1. The van der Waals surface area contributed by atoms with E-state index in [4.69, 9.17) is 11.6 Å². The van der Waals surface area contributed by atoms with E-state index in [0.29, 0.717) is 11.4 Å². The van der Waals surface area contributed by atoms with Crippen LogP contribution in [0, 0.1) is 13.8 Å². The molecule has 1 aromatic rings. The van der Waals surface area contributed by atoms with Crippen LogP contribution in [0.2, 0.25) is 0 Å². The van der Waals surface area contributed by atoms with Gasteiger partial charge in [0, 0.05) is 5.69 Å². The molecule has 2 N–H and O–H groups in total. The lowest BCUT2D eigenvalue weighted by Gasteiger charge is -2.08. The van der Waals surface area contributed by atoms with Crippen molar-refractivity contribution in [2.45, 2.75) is 13.8 Å². The summed E-state index contributed by atoms with van der Waals surface area (Å²) in [5.41, 5.74) is 2.11. The Morgan fingerprint density at radius 1 is 1.38 bits per heavy atom. The molecule has 0 aliphatic rings. The van der Waals surface area contributed by atoms with Crippen LogP contribution in [0.15, 0.2) is 12.1 Å². The van der Waals surface area contributed by atoms with Crippen molar-refractivity contribution in [1.29, 1.82) is 0 Å². The first-order valence-electron chi connectivity index (χ1n) is 4.64. The predicted molar refractivity (Wildman–Crippen MR) is 61.6 cm³/mol. The number of urea groups is 1. The number of halogens is 1.